The molecule has 32 heavy (non-hydrogen) atoms. The summed E-state index contributed by atoms with van der Waals surface area (Å²) in [5.41, 5.74) is 2.71. The Morgan fingerprint density at radius 1 is 1.03 bits per heavy atom. The fourth-order valence-corrected chi connectivity index (χ4v) is 4.36. The summed E-state index contributed by atoms with van der Waals surface area (Å²) in [6.45, 7) is 9.37. The molecule has 1 amide bonds. The number of nitrogens with one attached hydrogen (secondary N) is 1. The van der Waals surface area contributed by atoms with Crippen LogP contribution >= 0.6 is 0 Å². The van der Waals surface area contributed by atoms with Crippen molar-refractivity contribution < 1.29 is 25.2 Å². The molecule has 6 heteroatoms. The molecule has 0 fully saturated rings. The van der Waals surface area contributed by atoms with Crippen LogP contribution < -0.4 is 5.32 Å². The molecule has 1 heterocycles. The van der Waals surface area contributed by atoms with Gasteiger partial charge in [-0.3, -0.25) is 4.79 Å². The Bertz CT molecular complexity index is 847. The van der Waals surface area contributed by atoms with E-state index < -0.39 is 18.3 Å². The van der Waals surface area contributed by atoms with Crippen molar-refractivity contribution in [3.8, 4) is 5.75 Å². The highest BCUT2D eigenvalue weighted by molar-refractivity contribution is 6.03. The first-order valence-electron chi connectivity index (χ1n) is 11.5. The first-order valence-corrected chi connectivity index (χ1v) is 11.5. The van der Waals surface area contributed by atoms with Crippen LogP contribution in [0.15, 0.2) is 41.5 Å². The standard InChI is InChI=1S/C26H39NO5/c1-15-9-20-12-21(14-22(28)13-20)27-26(32)17(3)8-6-7-16(2)24(30)18(4)11-19(5)25(31)23(29)10-15/h8,11-16,19,23-25,28-31H,6-7,9-10H2,1-5H3,(H,27,32)/b17-8-,18-11-/t15-,16+,19+,23+,24-,25-/m1/s1. The maximum absolute atomic E-state index is 12.6. The molecule has 1 aliphatic heterocycles. The van der Waals surface area contributed by atoms with Gasteiger partial charge in [-0.1, -0.05) is 32.9 Å². The Morgan fingerprint density at radius 2 is 1.72 bits per heavy atom. The van der Waals surface area contributed by atoms with Crippen molar-refractivity contribution in [3.05, 3.63) is 47.1 Å². The molecular formula is C26H39NO5. The first-order chi connectivity index (χ1) is 15.0. The number of phenolic OH excluding ortho intramolecular Hbond substituents is 1. The van der Waals surface area contributed by atoms with Crippen LogP contribution in [0.5, 0.6) is 5.75 Å². The van der Waals surface area contributed by atoms with E-state index >= 15 is 0 Å². The molecule has 0 aromatic heterocycles. The number of benzene rings is 1. The number of amides is 1. The van der Waals surface area contributed by atoms with Gasteiger partial charge in [-0.05, 0) is 74.6 Å². The SMILES string of the molecule is C/C1=C/CC[C@H](C)[C@@H](O)/C(C)=C\[C@H](C)[C@@H](O)[C@@H](O)C[C@H](C)Cc2cc(O)cc(c2)NC1=O. The third-order valence-electron chi connectivity index (χ3n) is 6.36. The summed E-state index contributed by atoms with van der Waals surface area (Å²) in [7, 11) is 0. The first kappa shape index (κ1) is 26.1. The van der Waals surface area contributed by atoms with Gasteiger partial charge in [0.25, 0.3) is 5.91 Å². The van der Waals surface area contributed by atoms with Crippen molar-refractivity contribution in [2.75, 3.05) is 5.32 Å². The summed E-state index contributed by atoms with van der Waals surface area (Å²) in [5.74, 6) is -0.461. The van der Waals surface area contributed by atoms with E-state index in [1.807, 2.05) is 45.9 Å². The van der Waals surface area contributed by atoms with Gasteiger partial charge in [-0.25, -0.2) is 0 Å². The molecular weight excluding hydrogens is 406 g/mol. The van der Waals surface area contributed by atoms with Gasteiger partial charge in [0.05, 0.1) is 18.3 Å². The molecule has 6 atom stereocenters. The molecule has 0 spiro atoms. The lowest BCUT2D eigenvalue weighted by atomic mass is 9.87. The van der Waals surface area contributed by atoms with Gasteiger partial charge in [-0.15, -0.1) is 0 Å². The zero-order valence-corrected chi connectivity index (χ0v) is 19.9. The van der Waals surface area contributed by atoms with Crippen LogP contribution in [0.1, 0.15) is 59.4 Å². The van der Waals surface area contributed by atoms with Crippen molar-refractivity contribution in [2.45, 2.75) is 78.6 Å². The predicted octanol–water partition coefficient (Wildman–Crippen LogP) is 3.94. The van der Waals surface area contributed by atoms with E-state index in [4.69, 9.17) is 0 Å². The van der Waals surface area contributed by atoms with Crippen LogP contribution in [0.4, 0.5) is 5.69 Å². The lowest BCUT2D eigenvalue weighted by Crippen LogP contribution is -2.33. The second-order valence-corrected chi connectivity index (χ2v) is 9.60. The predicted molar refractivity (Wildman–Crippen MR) is 127 cm³/mol. The van der Waals surface area contributed by atoms with E-state index in [1.165, 1.54) is 6.07 Å². The van der Waals surface area contributed by atoms with Gasteiger partial charge >= 0.3 is 0 Å². The summed E-state index contributed by atoms with van der Waals surface area (Å²) in [6, 6.07) is 4.98. The Kier molecular flexibility index (Phi) is 9.49. The van der Waals surface area contributed by atoms with Gasteiger partial charge in [-0.2, -0.15) is 0 Å². The highest BCUT2D eigenvalue weighted by Gasteiger charge is 2.25. The summed E-state index contributed by atoms with van der Waals surface area (Å²) in [6.07, 6.45) is 3.49. The maximum Gasteiger partial charge on any atom is 0.250 e. The summed E-state index contributed by atoms with van der Waals surface area (Å²) < 4.78 is 0. The molecule has 0 unspecified atom stereocenters. The van der Waals surface area contributed by atoms with Gasteiger partial charge in [0.2, 0.25) is 0 Å². The van der Waals surface area contributed by atoms with Crippen molar-refractivity contribution in [1.82, 2.24) is 0 Å². The fourth-order valence-electron chi connectivity index (χ4n) is 4.36. The third kappa shape index (κ3) is 7.47. The van der Waals surface area contributed by atoms with Crippen molar-refractivity contribution in [2.24, 2.45) is 17.8 Å². The summed E-state index contributed by atoms with van der Waals surface area (Å²) in [5, 5.41) is 44.8. The zero-order chi connectivity index (χ0) is 24.0. The average Bonchev–Trinajstić information content (AvgIpc) is 2.70. The summed E-state index contributed by atoms with van der Waals surface area (Å²) >= 11 is 0. The van der Waals surface area contributed by atoms with Crippen molar-refractivity contribution in [1.29, 1.82) is 0 Å². The fraction of sp³-hybridized carbons (Fsp3) is 0.577. The normalized spacial score (nSPS) is 34.7. The average molecular weight is 446 g/mol. The van der Waals surface area contributed by atoms with Gasteiger partial charge in [0.15, 0.2) is 0 Å². The number of carbonyl (C=O) groups is 1. The van der Waals surface area contributed by atoms with Crippen LogP contribution in [0, 0.1) is 17.8 Å². The molecule has 0 saturated carbocycles. The van der Waals surface area contributed by atoms with Crippen LogP contribution in [0.2, 0.25) is 0 Å². The second kappa shape index (κ2) is 11.6. The number of hydrogen-bond acceptors (Lipinski definition) is 5. The van der Waals surface area contributed by atoms with E-state index in [9.17, 15) is 25.2 Å². The Hall–Kier alpha value is -2.15. The minimum atomic E-state index is -0.943. The van der Waals surface area contributed by atoms with Crippen molar-refractivity contribution in [3.63, 3.8) is 0 Å². The molecule has 1 aliphatic rings. The maximum atomic E-state index is 12.6. The number of anilines is 1. The minimum absolute atomic E-state index is 0.0247. The molecule has 2 rings (SSSR count). The molecule has 1 aromatic rings. The zero-order valence-electron chi connectivity index (χ0n) is 19.9. The Morgan fingerprint density at radius 3 is 2.41 bits per heavy atom. The summed E-state index contributed by atoms with van der Waals surface area (Å²) in [4.78, 5) is 12.6. The molecule has 5 N–H and O–H groups in total. The third-order valence-corrected chi connectivity index (χ3v) is 6.36. The number of rotatable bonds is 0. The molecule has 0 aliphatic carbocycles. The van der Waals surface area contributed by atoms with E-state index in [0.29, 0.717) is 36.9 Å². The monoisotopic (exact) mass is 445 g/mol. The molecule has 2 bridgehead atoms. The van der Waals surface area contributed by atoms with Gasteiger partial charge < -0.3 is 25.7 Å². The number of aromatic hydroxyl groups is 1. The van der Waals surface area contributed by atoms with Crippen LogP contribution in [0.25, 0.3) is 0 Å². The topological polar surface area (TPSA) is 110 Å². The highest BCUT2D eigenvalue weighted by Crippen LogP contribution is 2.26. The van der Waals surface area contributed by atoms with Gasteiger partial charge in [0, 0.05) is 23.2 Å². The number of aliphatic hydroxyl groups is 3. The molecule has 6 nitrogen and oxygen atoms in total. The van der Waals surface area contributed by atoms with Crippen LogP contribution in [-0.2, 0) is 11.2 Å². The number of allylic oxidation sites excluding steroid dienone is 1. The minimum Gasteiger partial charge on any atom is -0.508 e. The number of carbonyl (C=O) groups excluding carboxylic acids is 1. The van der Waals surface area contributed by atoms with Crippen molar-refractivity contribution >= 4 is 11.6 Å². The lowest BCUT2D eigenvalue weighted by Gasteiger charge is -2.26. The van der Waals surface area contributed by atoms with E-state index in [0.717, 1.165) is 11.1 Å². The van der Waals surface area contributed by atoms with Crippen LogP contribution in [-0.4, -0.2) is 44.6 Å². The number of phenols is 1. The lowest BCUT2D eigenvalue weighted by molar-refractivity contribution is -0.112. The largest absolute Gasteiger partial charge is 0.508 e. The molecule has 1 aromatic carbocycles. The van der Waals surface area contributed by atoms with Gasteiger partial charge in [0.1, 0.15) is 5.75 Å². The second-order valence-electron chi connectivity index (χ2n) is 9.60. The highest BCUT2D eigenvalue weighted by atomic mass is 16.3. The van der Waals surface area contributed by atoms with E-state index in [2.05, 4.69) is 5.32 Å². The molecule has 0 saturated heterocycles. The molecule has 178 valence electrons. The Labute approximate surface area is 191 Å². The van der Waals surface area contributed by atoms with Crippen LogP contribution in [0.3, 0.4) is 0 Å². The Balaban J connectivity index is 2.33. The number of hydrogen-bond donors (Lipinski definition) is 5. The number of fused-ring (bicyclic) bond motifs is 2. The smallest absolute Gasteiger partial charge is 0.250 e. The van der Waals surface area contributed by atoms with E-state index in [-0.39, 0.29) is 29.4 Å². The quantitative estimate of drug-likeness (QED) is 0.389. The number of aliphatic hydroxyl groups excluding tert-OH is 3. The molecule has 0 radical (unpaired) electrons. The van der Waals surface area contributed by atoms with E-state index in [1.54, 1.807) is 13.0 Å².